The standard InChI is InChI=1S/C16H19FO2/c1-2-11-4-3-7-16(18,10-11)15-9-12-8-13(17)5-6-14(12)19-15/h5-6,8-9,11,18H,2-4,7,10H2,1H3. The summed E-state index contributed by atoms with van der Waals surface area (Å²) < 4.78 is 18.9. The third-order valence-electron chi connectivity index (χ3n) is 4.34. The molecule has 0 aliphatic heterocycles. The van der Waals surface area contributed by atoms with E-state index < -0.39 is 5.60 Å². The second-order valence-corrected chi connectivity index (χ2v) is 5.70. The highest BCUT2D eigenvalue weighted by molar-refractivity contribution is 5.78. The largest absolute Gasteiger partial charge is 0.458 e. The maximum Gasteiger partial charge on any atom is 0.136 e. The van der Waals surface area contributed by atoms with Crippen molar-refractivity contribution in [1.29, 1.82) is 0 Å². The molecule has 0 bridgehead atoms. The van der Waals surface area contributed by atoms with Crippen LogP contribution in [0.2, 0.25) is 0 Å². The van der Waals surface area contributed by atoms with Crippen molar-refractivity contribution in [1.82, 2.24) is 0 Å². The van der Waals surface area contributed by atoms with Crippen LogP contribution in [0.5, 0.6) is 0 Å². The van der Waals surface area contributed by atoms with Gasteiger partial charge in [-0.05, 0) is 49.4 Å². The molecule has 2 unspecified atom stereocenters. The van der Waals surface area contributed by atoms with Gasteiger partial charge in [0.05, 0.1) is 0 Å². The summed E-state index contributed by atoms with van der Waals surface area (Å²) in [5, 5.41) is 11.6. The molecule has 0 amide bonds. The zero-order valence-corrected chi connectivity index (χ0v) is 11.2. The van der Waals surface area contributed by atoms with Crippen LogP contribution in [-0.4, -0.2) is 5.11 Å². The fraction of sp³-hybridized carbons (Fsp3) is 0.500. The SMILES string of the molecule is CCC1CCCC(O)(c2cc3cc(F)ccc3o2)C1. The second-order valence-electron chi connectivity index (χ2n) is 5.70. The molecule has 2 atom stereocenters. The number of halogens is 1. The molecular formula is C16H19FO2. The van der Waals surface area contributed by atoms with Gasteiger partial charge in [0.2, 0.25) is 0 Å². The summed E-state index contributed by atoms with van der Waals surface area (Å²) in [7, 11) is 0. The molecule has 2 aromatic rings. The second kappa shape index (κ2) is 4.64. The number of hydrogen-bond donors (Lipinski definition) is 1. The first-order chi connectivity index (χ1) is 9.10. The Morgan fingerprint density at radius 1 is 1.42 bits per heavy atom. The van der Waals surface area contributed by atoms with Crippen LogP contribution >= 0.6 is 0 Å². The van der Waals surface area contributed by atoms with Crippen molar-refractivity contribution >= 4 is 11.0 Å². The van der Waals surface area contributed by atoms with Gasteiger partial charge in [0.15, 0.2) is 0 Å². The molecule has 102 valence electrons. The Hall–Kier alpha value is -1.35. The first-order valence-corrected chi connectivity index (χ1v) is 7.03. The lowest BCUT2D eigenvalue weighted by Gasteiger charge is -2.34. The first kappa shape index (κ1) is 12.7. The van der Waals surface area contributed by atoms with Gasteiger partial charge >= 0.3 is 0 Å². The molecule has 19 heavy (non-hydrogen) atoms. The molecule has 1 N–H and O–H groups in total. The van der Waals surface area contributed by atoms with Crippen LogP contribution in [0.3, 0.4) is 0 Å². The van der Waals surface area contributed by atoms with E-state index in [-0.39, 0.29) is 5.82 Å². The fourth-order valence-electron chi connectivity index (χ4n) is 3.18. The Balaban J connectivity index is 1.98. The molecule has 1 heterocycles. The van der Waals surface area contributed by atoms with Crippen LogP contribution in [-0.2, 0) is 5.60 Å². The van der Waals surface area contributed by atoms with Crippen molar-refractivity contribution in [3.63, 3.8) is 0 Å². The van der Waals surface area contributed by atoms with Crippen LogP contribution in [0.15, 0.2) is 28.7 Å². The van der Waals surface area contributed by atoms with Gasteiger partial charge in [0.1, 0.15) is 22.8 Å². The lowest BCUT2D eigenvalue weighted by molar-refractivity contribution is -0.0379. The Bertz CT molecular complexity index is 589. The summed E-state index contributed by atoms with van der Waals surface area (Å²) in [4.78, 5) is 0. The summed E-state index contributed by atoms with van der Waals surface area (Å²) in [6.45, 7) is 2.16. The number of furan rings is 1. The van der Waals surface area contributed by atoms with E-state index in [9.17, 15) is 9.50 Å². The molecule has 1 aliphatic rings. The zero-order valence-electron chi connectivity index (χ0n) is 11.2. The molecule has 1 fully saturated rings. The van der Waals surface area contributed by atoms with Crippen molar-refractivity contribution in [3.8, 4) is 0 Å². The summed E-state index contributed by atoms with van der Waals surface area (Å²) in [6, 6.07) is 6.25. The van der Waals surface area contributed by atoms with E-state index in [1.807, 2.05) is 0 Å². The Kier molecular flexibility index (Phi) is 3.09. The minimum atomic E-state index is -0.881. The fourth-order valence-corrected chi connectivity index (χ4v) is 3.18. The predicted molar refractivity (Wildman–Crippen MR) is 72.3 cm³/mol. The van der Waals surface area contributed by atoms with Gasteiger partial charge in [-0.25, -0.2) is 4.39 Å². The maximum atomic E-state index is 13.2. The third-order valence-corrected chi connectivity index (χ3v) is 4.34. The number of benzene rings is 1. The van der Waals surface area contributed by atoms with Crippen molar-refractivity contribution in [2.24, 2.45) is 5.92 Å². The van der Waals surface area contributed by atoms with Crippen LogP contribution in [0.1, 0.15) is 44.8 Å². The molecule has 0 radical (unpaired) electrons. The smallest absolute Gasteiger partial charge is 0.136 e. The highest BCUT2D eigenvalue weighted by Crippen LogP contribution is 2.42. The van der Waals surface area contributed by atoms with E-state index in [0.29, 0.717) is 17.3 Å². The third kappa shape index (κ3) is 2.27. The maximum absolute atomic E-state index is 13.2. The minimum absolute atomic E-state index is 0.276. The van der Waals surface area contributed by atoms with Gasteiger partial charge in [-0.1, -0.05) is 19.8 Å². The van der Waals surface area contributed by atoms with Crippen LogP contribution in [0.25, 0.3) is 11.0 Å². The van der Waals surface area contributed by atoms with E-state index in [2.05, 4.69) is 6.92 Å². The van der Waals surface area contributed by atoms with Gasteiger partial charge in [0.25, 0.3) is 0 Å². The summed E-state index contributed by atoms with van der Waals surface area (Å²) in [5.41, 5.74) is -0.238. The zero-order chi connectivity index (χ0) is 13.5. The van der Waals surface area contributed by atoms with Gasteiger partial charge in [-0.15, -0.1) is 0 Å². The van der Waals surface area contributed by atoms with Gasteiger partial charge in [0, 0.05) is 5.39 Å². The van der Waals surface area contributed by atoms with Crippen LogP contribution in [0, 0.1) is 11.7 Å². The van der Waals surface area contributed by atoms with Crippen molar-refractivity contribution in [2.75, 3.05) is 0 Å². The molecule has 0 saturated heterocycles. The lowest BCUT2D eigenvalue weighted by Crippen LogP contribution is -2.32. The Morgan fingerprint density at radius 3 is 3.05 bits per heavy atom. The molecule has 2 nitrogen and oxygen atoms in total. The van der Waals surface area contributed by atoms with Gasteiger partial charge in [-0.3, -0.25) is 0 Å². The van der Waals surface area contributed by atoms with E-state index in [4.69, 9.17) is 4.42 Å². The molecule has 3 heteroatoms. The average molecular weight is 262 g/mol. The van der Waals surface area contributed by atoms with Crippen LogP contribution in [0.4, 0.5) is 4.39 Å². The highest BCUT2D eigenvalue weighted by Gasteiger charge is 2.38. The quantitative estimate of drug-likeness (QED) is 0.872. The van der Waals surface area contributed by atoms with Gasteiger partial charge < -0.3 is 9.52 Å². The minimum Gasteiger partial charge on any atom is -0.458 e. The number of fused-ring (bicyclic) bond motifs is 1. The summed E-state index contributed by atoms with van der Waals surface area (Å²) >= 11 is 0. The van der Waals surface area contributed by atoms with Crippen molar-refractivity contribution < 1.29 is 13.9 Å². The van der Waals surface area contributed by atoms with Gasteiger partial charge in [-0.2, -0.15) is 0 Å². The Labute approximate surface area is 112 Å². The first-order valence-electron chi connectivity index (χ1n) is 7.03. The number of aliphatic hydroxyl groups is 1. The predicted octanol–water partition coefficient (Wildman–Crippen LogP) is 4.36. The van der Waals surface area contributed by atoms with Crippen LogP contribution < -0.4 is 0 Å². The Morgan fingerprint density at radius 2 is 2.26 bits per heavy atom. The van der Waals surface area contributed by atoms with Crippen molar-refractivity contribution in [2.45, 2.75) is 44.6 Å². The molecule has 1 aliphatic carbocycles. The van der Waals surface area contributed by atoms with E-state index in [1.54, 1.807) is 12.1 Å². The molecular weight excluding hydrogens is 243 g/mol. The molecule has 1 aromatic carbocycles. The normalized spacial score (nSPS) is 27.8. The molecule has 0 spiro atoms. The summed E-state index contributed by atoms with van der Waals surface area (Å²) in [6.07, 6.45) is 4.74. The monoisotopic (exact) mass is 262 g/mol. The summed E-state index contributed by atoms with van der Waals surface area (Å²) in [5.74, 6) is 0.858. The molecule has 1 saturated carbocycles. The molecule has 1 aromatic heterocycles. The van der Waals surface area contributed by atoms with E-state index in [0.717, 1.165) is 31.1 Å². The highest BCUT2D eigenvalue weighted by atomic mass is 19.1. The number of hydrogen-bond acceptors (Lipinski definition) is 2. The van der Waals surface area contributed by atoms with E-state index >= 15 is 0 Å². The van der Waals surface area contributed by atoms with E-state index in [1.165, 1.54) is 18.6 Å². The number of rotatable bonds is 2. The lowest BCUT2D eigenvalue weighted by atomic mass is 9.76. The topological polar surface area (TPSA) is 33.4 Å². The van der Waals surface area contributed by atoms with Crippen molar-refractivity contribution in [3.05, 3.63) is 35.8 Å². The average Bonchev–Trinajstić information content (AvgIpc) is 2.82. The molecule has 3 rings (SSSR count).